The molecule has 1 aliphatic heterocycles. The van der Waals surface area contributed by atoms with Gasteiger partial charge in [-0.3, -0.25) is 9.69 Å². The van der Waals surface area contributed by atoms with Gasteiger partial charge in [0.2, 0.25) is 0 Å². The number of ether oxygens (including phenoxy) is 1. The second-order valence-electron chi connectivity index (χ2n) is 4.00. The molecule has 0 amide bonds. The first-order valence-corrected chi connectivity index (χ1v) is 5.49. The van der Waals surface area contributed by atoms with E-state index in [0.29, 0.717) is 5.78 Å². The Morgan fingerprint density at radius 3 is 2.93 bits per heavy atom. The molecule has 1 unspecified atom stereocenters. The molecule has 0 aromatic rings. The van der Waals surface area contributed by atoms with Crippen LogP contribution >= 0.6 is 0 Å². The largest absolute Gasteiger partial charge is 0.385 e. The van der Waals surface area contributed by atoms with Crippen LogP contribution in [0.4, 0.5) is 0 Å². The first kappa shape index (κ1) is 11.7. The van der Waals surface area contributed by atoms with Gasteiger partial charge in [0, 0.05) is 20.3 Å². The highest BCUT2D eigenvalue weighted by molar-refractivity contribution is 5.81. The predicted octanol–water partition coefficient (Wildman–Crippen LogP) is 1.47. The molecule has 0 saturated carbocycles. The second-order valence-corrected chi connectivity index (χ2v) is 4.00. The lowest BCUT2D eigenvalue weighted by molar-refractivity contribution is -0.123. The third-order valence-electron chi connectivity index (χ3n) is 2.88. The van der Waals surface area contributed by atoms with Crippen LogP contribution in [0.2, 0.25) is 0 Å². The molecule has 1 fully saturated rings. The summed E-state index contributed by atoms with van der Waals surface area (Å²) in [6.45, 7) is 4.58. The van der Waals surface area contributed by atoms with Crippen LogP contribution in [-0.2, 0) is 9.53 Å². The molecule has 1 heterocycles. The molecule has 1 aliphatic rings. The van der Waals surface area contributed by atoms with E-state index < -0.39 is 0 Å². The summed E-state index contributed by atoms with van der Waals surface area (Å²) in [5, 5.41) is 0. The molecular formula is C11H21NO2. The Labute approximate surface area is 86.4 Å². The molecule has 0 radical (unpaired) electrons. The van der Waals surface area contributed by atoms with Crippen molar-refractivity contribution in [3.63, 3.8) is 0 Å². The van der Waals surface area contributed by atoms with Gasteiger partial charge >= 0.3 is 0 Å². The maximum absolute atomic E-state index is 11.4. The lowest BCUT2D eigenvalue weighted by Gasteiger charge is -2.33. The average molecular weight is 199 g/mol. The minimum Gasteiger partial charge on any atom is -0.385 e. The van der Waals surface area contributed by atoms with Crippen LogP contribution in [0.5, 0.6) is 0 Å². The van der Waals surface area contributed by atoms with Crippen molar-refractivity contribution in [1.29, 1.82) is 0 Å². The van der Waals surface area contributed by atoms with E-state index in [-0.39, 0.29) is 6.04 Å². The summed E-state index contributed by atoms with van der Waals surface area (Å²) >= 11 is 0. The van der Waals surface area contributed by atoms with Gasteiger partial charge in [-0.05, 0) is 32.7 Å². The summed E-state index contributed by atoms with van der Waals surface area (Å²) < 4.78 is 5.02. The number of methoxy groups -OCH3 is 1. The summed E-state index contributed by atoms with van der Waals surface area (Å²) in [7, 11) is 1.72. The zero-order valence-electron chi connectivity index (χ0n) is 9.29. The van der Waals surface area contributed by atoms with Gasteiger partial charge in [0.25, 0.3) is 0 Å². The third-order valence-corrected chi connectivity index (χ3v) is 2.88. The van der Waals surface area contributed by atoms with Crippen LogP contribution in [0, 0.1) is 0 Å². The summed E-state index contributed by atoms with van der Waals surface area (Å²) in [5.74, 6) is 0.321. The first-order chi connectivity index (χ1) is 6.75. The number of carbonyl (C=O) groups is 1. The van der Waals surface area contributed by atoms with Gasteiger partial charge in [-0.15, -0.1) is 0 Å². The zero-order chi connectivity index (χ0) is 10.4. The molecule has 0 aromatic heterocycles. The monoisotopic (exact) mass is 199 g/mol. The molecule has 14 heavy (non-hydrogen) atoms. The van der Waals surface area contributed by atoms with E-state index in [9.17, 15) is 4.79 Å². The number of nitrogens with zero attached hydrogens (tertiary/aromatic N) is 1. The maximum Gasteiger partial charge on any atom is 0.146 e. The highest BCUT2D eigenvalue weighted by Gasteiger charge is 2.24. The fourth-order valence-corrected chi connectivity index (χ4v) is 2.13. The van der Waals surface area contributed by atoms with E-state index in [0.717, 1.165) is 32.5 Å². The lowest BCUT2D eigenvalue weighted by Crippen LogP contribution is -2.44. The standard InChI is InChI=1S/C11H21NO2/c1-10(13)11-6-3-4-7-12(11)8-5-9-14-2/h11H,3-9H2,1-2H3. The minimum absolute atomic E-state index is 0.181. The average Bonchev–Trinajstić information content (AvgIpc) is 2.19. The molecule has 3 nitrogen and oxygen atoms in total. The molecule has 0 N–H and O–H groups in total. The quantitative estimate of drug-likeness (QED) is 0.628. The van der Waals surface area contributed by atoms with Crippen molar-refractivity contribution < 1.29 is 9.53 Å². The molecule has 1 rings (SSSR count). The number of carbonyl (C=O) groups excluding carboxylic acids is 1. The van der Waals surface area contributed by atoms with Crippen LogP contribution in [-0.4, -0.2) is 43.5 Å². The van der Waals surface area contributed by atoms with Crippen molar-refractivity contribution in [2.75, 3.05) is 26.8 Å². The van der Waals surface area contributed by atoms with Gasteiger partial charge in [0.1, 0.15) is 5.78 Å². The number of hydrogen-bond acceptors (Lipinski definition) is 3. The van der Waals surface area contributed by atoms with Crippen molar-refractivity contribution in [3.05, 3.63) is 0 Å². The number of piperidine rings is 1. The maximum atomic E-state index is 11.4. The van der Waals surface area contributed by atoms with Crippen molar-refractivity contribution in [2.45, 2.75) is 38.6 Å². The van der Waals surface area contributed by atoms with Gasteiger partial charge in [0.15, 0.2) is 0 Å². The van der Waals surface area contributed by atoms with E-state index >= 15 is 0 Å². The smallest absolute Gasteiger partial charge is 0.146 e. The van der Waals surface area contributed by atoms with Crippen molar-refractivity contribution >= 4 is 5.78 Å². The molecule has 0 spiro atoms. The van der Waals surface area contributed by atoms with Crippen molar-refractivity contribution in [3.8, 4) is 0 Å². The SMILES string of the molecule is COCCCN1CCCCC1C(C)=O. The Balaban J connectivity index is 2.34. The van der Waals surface area contributed by atoms with Gasteiger partial charge in [0.05, 0.1) is 6.04 Å². The Morgan fingerprint density at radius 2 is 2.29 bits per heavy atom. The molecule has 0 aliphatic carbocycles. The number of Topliss-reactive ketones (excluding diaryl/α,β-unsaturated/α-hetero) is 1. The first-order valence-electron chi connectivity index (χ1n) is 5.49. The lowest BCUT2D eigenvalue weighted by atomic mass is 9.99. The van der Waals surface area contributed by atoms with Crippen molar-refractivity contribution in [1.82, 2.24) is 4.90 Å². The predicted molar refractivity (Wildman–Crippen MR) is 56.4 cm³/mol. The van der Waals surface area contributed by atoms with Crippen LogP contribution in [0.3, 0.4) is 0 Å². The highest BCUT2D eigenvalue weighted by Crippen LogP contribution is 2.17. The summed E-state index contributed by atoms with van der Waals surface area (Å²) in [5.41, 5.74) is 0. The molecular weight excluding hydrogens is 178 g/mol. The molecule has 1 atom stereocenters. The molecule has 1 saturated heterocycles. The second kappa shape index (κ2) is 6.14. The fourth-order valence-electron chi connectivity index (χ4n) is 2.13. The van der Waals surface area contributed by atoms with Crippen LogP contribution in [0.25, 0.3) is 0 Å². The fraction of sp³-hybridized carbons (Fsp3) is 0.909. The molecule has 0 aromatic carbocycles. The van der Waals surface area contributed by atoms with E-state index in [1.807, 2.05) is 0 Å². The third kappa shape index (κ3) is 3.39. The zero-order valence-corrected chi connectivity index (χ0v) is 9.29. The Morgan fingerprint density at radius 1 is 1.50 bits per heavy atom. The Bertz CT molecular complexity index is 182. The van der Waals surface area contributed by atoms with E-state index in [1.54, 1.807) is 14.0 Å². The Kier molecular flexibility index (Phi) is 5.12. The van der Waals surface area contributed by atoms with Gasteiger partial charge in [-0.2, -0.15) is 0 Å². The number of hydrogen-bond donors (Lipinski definition) is 0. The van der Waals surface area contributed by atoms with Crippen LogP contribution < -0.4 is 0 Å². The van der Waals surface area contributed by atoms with Gasteiger partial charge < -0.3 is 4.74 Å². The normalized spacial score (nSPS) is 23.7. The van der Waals surface area contributed by atoms with Crippen LogP contribution in [0.15, 0.2) is 0 Å². The number of rotatable bonds is 5. The molecule has 0 bridgehead atoms. The molecule has 3 heteroatoms. The summed E-state index contributed by atoms with van der Waals surface area (Å²) in [4.78, 5) is 13.7. The highest BCUT2D eigenvalue weighted by atomic mass is 16.5. The van der Waals surface area contributed by atoms with Crippen LogP contribution in [0.1, 0.15) is 32.6 Å². The minimum atomic E-state index is 0.181. The number of ketones is 1. The summed E-state index contributed by atoms with van der Waals surface area (Å²) in [6, 6.07) is 0.181. The van der Waals surface area contributed by atoms with Crippen molar-refractivity contribution in [2.24, 2.45) is 0 Å². The van der Waals surface area contributed by atoms with E-state index in [4.69, 9.17) is 4.74 Å². The topological polar surface area (TPSA) is 29.5 Å². The summed E-state index contributed by atoms with van der Waals surface area (Å²) in [6.07, 6.45) is 4.50. The number of likely N-dealkylation sites (tertiary alicyclic amines) is 1. The van der Waals surface area contributed by atoms with E-state index in [2.05, 4.69) is 4.90 Å². The van der Waals surface area contributed by atoms with Gasteiger partial charge in [-0.25, -0.2) is 0 Å². The van der Waals surface area contributed by atoms with Gasteiger partial charge in [-0.1, -0.05) is 6.42 Å². The van der Waals surface area contributed by atoms with E-state index in [1.165, 1.54) is 12.8 Å². The Hall–Kier alpha value is -0.410. The molecule has 82 valence electrons.